The number of hydrogen-bond donors (Lipinski definition) is 3. The van der Waals surface area contributed by atoms with Gasteiger partial charge in [-0.15, -0.1) is 0 Å². The molecule has 9 heteroatoms. The second-order valence-electron chi connectivity index (χ2n) is 9.57. The van der Waals surface area contributed by atoms with E-state index in [0.717, 1.165) is 67.8 Å². The SMILES string of the molecule is COC[C@@H](C)N[C@H]1CC[C@H](Nc2cc(-c3cc(NCC4(C#N)CC4)cnc3Cl)c(Cl)cn2)CC1. The van der Waals surface area contributed by atoms with Crippen LogP contribution in [0.4, 0.5) is 11.5 Å². The normalized spacial score (nSPS) is 22.0. The predicted molar refractivity (Wildman–Crippen MR) is 137 cm³/mol. The predicted octanol–water partition coefficient (Wildman–Crippen LogP) is 5.51. The Morgan fingerprint density at radius 3 is 2.53 bits per heavy atom. The molecule has 2 heterocycles. The van der Waals surface area contributed by atoms with Crippen LogP contribution >= 0.6 is 23.2 Å². The molecule has 3 N–H and O–H groups in total. The van der Waals surface area contributed by atoms with E-state index in [9.17, 15) is 5.26 Å². The summed E-state index contributed by atoms with van der Waals surface area (Å²) in [5, 5.41) is 20.8. The number of anilines is 2. The van der Waals surface area contributed by atoms with E-state index in [1.807, 2.05) is 12.1 Å². The first kappa shape index (κ1) is 25.0. The van der Waals surface area contributed by atoms with Crippen LogP contribution < -0.4 is 16.0 Å². The van der Waals surface area contributed by atoms with E-state index >= 15 is 0 Å². The summed E-state index contributed by atoms with van der Waals surface area (Å²) in [6.45, 7) is 3.49. The molecule has 2 fully saturated rings. The third-order valence-corrected chi connectivity index (χ3v) is 7.32. The lowest BCUT2D eigenvalue weighted by Gasteiger charge is -2.32. The molecule has 2 aliphatic rings. The van der Waals surface area contributed by atoms with Gasteiger partial charge in [0.2, 0.25) is 0 Å². The fraction of sp³-hybridized carbons (Fsp3) is 0.560. The zero-order valence-corrected chi connectivity index (χ0v) is 21.2. The van der Waals surface area contributed by atoms with Gasteiger partial charge in [0.15, 0.2) is 0 Å². The van der Waals surface area contributed by atoms with Crippen molar-refractivity contribution in [3.05, 3.63) is 34.7 Å². The third-order valence-electron chi connectivity index (χ3n) is 6.72. The van der Waals surface area contributed by atoms with Crippen LogP contribution in [0.3, 0.4) is 0 Å². The Bertz CT molecular complexity index is 1030. The van der Waals surface area contributed by atoms with Gasteiger partial charge in [0.05, 0.1) is 35.0 Å². The molecule has 182 valence electrons. The number of rotatable bonds is 10. The van der Waals surface area contributed by atoms with E-state index in [4.69, 9.17) is 27.9 Å². The number of pyridine rings is 2. The van der Waals surface area contributed by atoms with Crippen LogP contribution in [-0.4, -0.2) is 48.4 Å². The summed E-state index contributed by atoms with van der Waals surface area (Å²) in [4.78, 5) is 8.84. The Morgan fingerprint density at radius 2 is 1.85 bits per heavy atom. The molecule has 0 spiro atoms. The summed E-state index contributed by atoms with van der Waals surface area (Å²) < 4.78 is 5.23. The van der Waals surface area contributed by atoms with E-state index in [0.29, 0.717) is 34.8 Å². The zero-order valence-electron chi connectivity index (χ0n) is 19.7. The van der Waals surface area contributed by atoms with Gasteiger partial charge >= 0.3 is 0 Å². The van der Waals surface area contributed by atoms with E-state index in [1.165, 1.54) is 0 Å². The molecule has 2 aromatic rings. The van der Waals surface area contributed by atoms with E-state index < -0.39 is 0 Å². The summed E-state index contributed by atoms with van der Waals surface area (Å²) in [7, 11) is 1.74. The third kappa shape index (κ3) is 6.31. The molecule has 2 aromatic heterocycles. The van der Waals surface area contributed by atoms with E-state index in [2.05, 4.69) is 38.9 Å². The van der Waals surface area contributed by atoms with Gasteiger partial charge in [-0.3, -0.25) is 0 Å². The van der Waals surface area contributed by atoms with Crippen molar-refractivity contribution in [3.63, 3.8) is 0 Å². The number of hydrogen-bond acceptors (Lipinski definition) is 7. The average Bonchev–Trinajstić information content (AvgIpc) is 3.62. The minimum absolute atomic E-state index is 0.248. The van der Waals surface area contributed by atoms with Gasteiger partial charge in [0.25, 0.3) is 0 Å². The van der Waals surface area contributed by atoms with Crippen LogP contribution in [-0.2, 0) is 4.74 Å². The summed E-state index contributed by atoms with van der Waals surface area (Å²) in [5.74, 6) is 0.777. The molecule has 2 saturated carbocycles. The van der Waals surface area contributed by atoms with Crippen LogP contribution in [0, 0.1) is 16.7 Å². The quantitative estimate of drug-likeness (QED) is 0.368. The van der Waals surface area contributed by atoms with Crippen LogP contribution in [0.2, 0.25) is 10.2 Å². The molecular weight excluding hydrogens is 471 g/mol. The average molecular weight is 503 g/mol. The highest BCUT2D eigenvalue weighted by Crippen LogP contribution is 2.45. The Kier molecular flexibility index (Phi) is 8.15. The number of halogens is 2. The summed E-state index contributed by atoms with van der Waals surface area (Å²) in [6.07, 6.45) is 9.57. The van der Waals surface area contributed by atoms with Crippen LogP contribution in [0.25, 0.3) is 11.1 Å². The molecule has 4 rings (SSSR count). The lowest BCUT2D eigenvalue weighted by atomic mass is 9.90. The van der Waals surface area contributed by atoms with Crippen LogP contribution in [0.15, 0.2) is 24.5 Å². The van der Waals surface area contributed by atoms with Crippen molar-refractivity contribution in [3.8, 4) is 17.2 Å². The van der Waals surface area contributed by atoms with Gasteiger partial charge in [-0.05, 0) is 57.6 Å². The fourth-order valence-electron chi connectivity index (χ4n) is 4.52. The topological polar surface area (TPSA) is 94.9 Å². The maximum Gasteiger partial charge on any atom is 0.137 e. The first-order chi connectivity index (χ1) is 16.4. The minimum atomic E-state index is -0.248. The molecular formula is C25H32Cl2N6O. The first-order valence-corrected chi connectivity index (χ1v) is 12.6. The summed E-state index contributed by atoms with van der Waals surface area (Å²) >= 11 is 13.0. The van der Waals surface area contributed by atoms with Gasteiger partial charge in [-0.2, -0.15) is 5.26 Å². The van der Waals surface area contributed by atoms with Gasteiger partial charge < -0.3 is 20.7 Å². The highest BCUT2D eigenvalue weighted by Gasteiger charge is 2.42. The maximum absolute atomic E-state index is 9.32. The van der Waals surface area contributed by atoms with Gasteiger partial charge in [-0.1, -0.05) is 23.2 Å². The fourth-order valence-corrected chi connectivity index (χ4v) is 4.93. The number of aromatic nitrogens is 2. The highest BCUT2D eigenvalue weighted by atomic mass is 35.5. The maximum atomic E-state index is 9.32. The van der Waals surface area contributed by atoms with Gasteiger partial charge in [0, 0.05) is 49.1 Å². The zero-order chi connectivity index (χ0) is 24.1. The van der Waals surface area contributed by atoms with Gasteiger partial charge in [-0.25, -0.2) is 9.97 Å². The van der Waals surface area contributed by atoms with Crippen molar-refractivity contribution in [2.45, 2.75) is 63.6 Å². The molecule has 34 heavy (non-hydrogen) atoms. The lowest BCUT2D eigenvalue weighted by molar-refractivity contribution is 0.161. The molecule has 0 saturated heterocycles. The Hall–Kier alpha value is -2.11. The van der Waals surface area contributed by atoms with Crippen LogP contribution in [0.5, 0.6) is 0 Å². The lowest BCUT2D eigenvalue weighted by Crippen LogP contribution is -2.42. The second kappa shape index (κ2) is 11.1. The van der Waals surface area contributed by atoms with Crippen molar-refractivity contribution in [1.29, 1.82) is 5.26 Å². The van der Waals surface area contributed by atoms with Crippen molar-refractivity contribution < 1.29 is 4.74 Å². The molecule has 7 nitrogen and oxygen atoms in total. The number of nitriles is 1. The smallest absolute Gasteiger partial charge is 0.137 e. The standard InChI is InChI=1S/C25H32Cl2N6O/c1-16(13-34-2)32-17-3-5-18(6-4-17)33-23-10-20(22(26)12-29-23)21-9-19(11-30-24(21)27)31-15-25(14-28)7-8-25/h9-12,16-18,31-32H,3-8,13,15H2,1-2H3,(H,29,33)/t16-,17-,18-/m1/s1. The molecule has 0 bridgehead atoms. The molecule has 0 aromatic carbocycles. The number of ether oxygens (including phenoxy) is 1. The molecule has 2 aliphatic carbocycles. The van der Waals surface area contributed by atoms with Crippen molar-refractivity contribution in [2.24, 2.45) is 5.41 Å². The molecule has 0 radical (unpaired) electrons. The number of nitrogens with one attached hydrogen (secondary N) is 3. The van der Waals surface area contributed by atoms with Crippen molar-refractivity contribution in [2.75, 3.05) is 30.9 Å². The Balaban J connectivity index is 1.41. The van der Waals surface area contributed by atoms with E-state index in [-0.39, 0.29) is 5.41 Å². The molecule has 1 atom stereocenters. The monoisotopic (exact) mass is 502 g/mol. The molecule has 0 aliphatic heterocycles. The summed E-state index contributed by atoms with van der Waals surface area (Å²) in [6, 6.07) is 7.52. The minimum Gasteiger partial charge on any atom is -0.383 e. The molecule has 0 unspecified atom stereocenters. The second-order valence-corrected chi connectivity index (χ2v) is 10.3. The van der Waals surface area contributed by atoms with Crippen molar-refractivity contribution >= 4 is 34.7 Å². The molecule has 0 amide bonds. The number of methoxy groups -OCH3 is 1. The first-order valence-electron chi connectivity index (χ1n) is 11.9. The Labute approximate surface area is 211 Å². The highest BCUT2D eigenvalue weighted by molar-refractivity contribution is 6.36. The van der Waals surface area contributed by atoms with Crippen molar-refractivity contribution in [1.82, 2.24) is 15.3 Å². The number of nitrogens with zero attached hydrogens (tertiary/aromatic N) is 3. The summed E-state index contributed by atoms with van der Waals surface area (Å²) in [5.41, 5.74) is 2.09. The van der Waals surface area contributed by atoms with E-state index in [1.54, 1.807) is 19.5 Å². The van der Waals surface area contributed by atoms with Crippen LogP contribution in [0.1, 0.15) is 45.4 Å². The Morgan fingerprint density at radius 1 is 1.12 bits per heavy atom. The largest absolute Gasteiger partial charge is 0.383 e. The van der Waals surface area contributed by atoms with Gasteiger partial charge in [0.1, 0.15) is 11.0 Å².